The van der Waals surface area contributed by atoms with Gasteiger partial charge in [-0.3, -0.25) is 9.10 Å². The molecule has 0 bridgehead atoms. The number of hydrogen-bond acceptors (Lipinski definition) is 5. The van der Waals surface area contributed by atoms with Crippen molar-refractivity contribution in [3.63, 3.8) is 0 Å². The number of carbonyl (C=O) groups excluding carboxylic acids is 1. The molecule has 0 unspecified atom stereocenters. The summed E-state index contributed by atoms with van der Waals surface area (Å²) in [5, 5.41) is 2.68. The minimum absolute atomic E-state index is 0.0799. The molecular weight excluding hydrogens is 387 g/mol. The van der Waals surface area contributed by atoms with Crippen molar-refractivity contribution in [3.05, 3.63) is 54.3 Å². The first-order valence-electron chi connectivity index (χ1n) is 8.67. The maximum absolute atomic E-state index is 13.5. The van der Waals surface area contributed by atoms with Crippen LogP contribution in [-0.2, 0) is 14.8 Å². The third kappa shape index (κ3) is 4.53. The van der Waals surface area contributed by atoms with Gasteiger partial charge >= 0.3 is 0 Å². The van der Waals surface area contributed by atoms with Gasteiger partial charge in [-0.15, -0.1) is 0 Å². The monoisotopic (exact) mass is 408 g/mol. The summed E-state index contributed by atoms with van der Waals surface area (Å²) >= 11 is 0. The molecule has 2 aromatic rings. The first-order chi connectivity index (χ1) is 13.3. The lowest BCUT2D eigenvalue weighted by Gasteiger charge is -2.30. The van der Waals surface area contributed by atoms with Gasteiger partial charge in [-0.25, -0.2) is 12.8 Å². The Bertz CT molecular complexity index is 966. The van der Waals surface area contributed by atoms with Crippen molar-refractivity contribution in [3.8, 4) is 11.5 Å². The number of nitrogens with one attached hydrogen (secondary N) is 1. The fraction of sp³-hybridized carbons (Fsp3) is 0.316. The van der Waals surface area contributed by atoms with Crippen LogP contribution in [-0.4, -0.2) is 45.9 Å². The topological polar surface area (TPSA) is 84.9 Å². The minimum Gasteiger partial charge on any atom is -0.486 e. The minimum atomic E-state index is -3.81. The Balaban J connectivity index is 1.67. The Morgan fingerprint density at radius 3 is 2.64 bits per heavy atom. The zero-order valence-electron chi connectivity index (χ0n) is 15.5. The van der Waals surface area contributed by atoms with Gasteiger partial charge in [0, 0.05) is 0 Å². The van der Waals surface area contributed by atoms with E-state index in [1.54, 1.807) is 12.1 Å². The van der Waals surface area contributed by atoms with E-state index < -0.39 is 33.9 Å². The highest BCUT2D eigenvalue weighted by Crippen LogP contribution is 2.30. The van der Waals surface area contributed by atoms with E-state index in [0.29, 0.717) is 11.5 Å². The highest BCUT2D eigenvalue weighted by Gasteiger charge is 2.30. The van der Waals surface area contributed by atoms with Crippen molar-refractivity contribution in [1.82, 2.24) is 5.32 Å². The van der Waals surface area contributed by atoms with Crippen molar-refractivity contribution in [2.45, 2.75) is 19.1 Å². The molecule has 0 spiro atoms. The van der Waals surface area contributed by atoms with Crippen molar-refractivity contribution >= 4 is 21.6 Å². The van der Waals surface area contributed by atoms with Crippen LogP contribution in [0.1, 0.15) is 6.92 Å². The lowest BCUT2D eigenvalue weighted by Crippen LogP contribution is -2.50. The molecule has 1 heterocycles. The number of sulfonamides is 1. The van der Waals surface area contributed by atoms with Gasteiger partial charge in [-0.05, 0) is 37.3 Å². The Labute approximate surface area is 163 Å². The van der Waals surface area contributed by atoms with Gasteiger partial charge in [0.15, 0.2) is 11.5 Å². The molecule has 1 aliphatic rings. The van der Waals surface area contributed by atoms with Crippen molar-refractivity contribution < 1.29 is 27.1 Å². The van der Waals surface area contributed by atoms with Crippen LogP contribution < -0.4 is 19.1 Å². The maximum Gasteiger partial charge on any atom is 0.243 e. The van der Waals surface area contributed by atoms with E-state index in [-0.39, 0.29) is 18.8 Å². The molecular formula is C19H21FN2O5S. The molecule has 2 atom stereocenters. The predicted octanol–water partition coefficient (Wildman–Crippen LogP) is 1.94. The largest absolute Gasteiger partial charge is 0.486 e. The Morgan fingerprint density at radius 2 is 1.96 bits per heavy atom. The van der Waals surface area contributed by atoms with Crippen LogP contribution in [0, 0.1) is 5.82 Å². The molecule has 3 rings (SSSR count). The van der Waals surface area contributed by atoms with E-state index in [2.05, 4.69) is 5.32 Å². The van der Waals surface area contributed by atoms with Crippen LogP contribution in [0.5, 0.6) is 11.5 Å². The second-order valence-corrected chi connectivity index (χ2v) is 8.32. The Hall–Kier alpha value is -2.81. The SMILES string of the molecule is C[C@@H](C(=O)NC[C@@H]1COc2ccccc2O1)N(c1cccc(F)c1)S(C)(=O)=O. The number of fused-ring (bicyclic) bond motifs is 1. The highest BCUT2D eigenvalue weighted by molar-refractivity contribution is 7.92. The lowest BCUT2D eigenvalue weighted by molar-refractivity contribution is -0.122. The molecule has 0 saturated carbocycles. The summed E-state index contributed by atoms with van der Waals surface area (Å²) in [4.78, 5) is 12.6. The molecule has 150 valence electrons. The van der Waals surface area contributed by atoms with E-state index in [1.165, 1.54) is 25.1 Å². The molecule has 9 heteroatoms. The number of benzene rings is 2. The first-order valence-corrected chi connectivity index (χ1v) is 10.5. The number of rotatable bonds is 6. The number of amides is 1. The van der Waals surface area contributed by atoms with Gasteiger partial charge in [-0.2, -0.15) is 0 Å². The number of halogens is 1. The summed E-state index contributed by atoms with van der Waals surface area (Å²) in [5.74, 6) is 0.0914. The summed E-state index contributed by atoms with van der Waals surface area (Å²) in [7, 11) is -3.81. The van der Waals surface area contributed by atoms with Crippen LogP contribution in [0.15, 0.2) is 48.5 Å². The fourth-order valence-corrected chi connectivity index (χ4v) is 4.11. The van der Waals surface area contributed by atoms with Gasteiger partial charge in [0.25, 0.3) is 0 Å². The van der Waals surface area contributed by atoms with E-state index in [1.807, 2.05) is 12.1 Å². The van der Waals surface area contributed by atoms with Gasteiger partial charge < -0.3 is 14.8 Å². The second kappa shape index (κ2) is 8.05. The summed E-state index contributed by atoms with van der Waals surface area (Å²) in [6, 6.07) is 11.2. The Morgan fingerprint density at radius 1 is 1.25 bits per heavy atom. The number of nitrogens with zero attached hydrogens (tertiary/aromatic N) is 1. The molecule has 0 aromatic heterocycles. The van der Waals surface area contributed by atoms with Crippen LogP contribution >= 0.6 is 0 Å². The second-order valence-electron chi connectivity index (χ2n) is 6.46. The maximum atomic E-state index is 13.5. The fourth-order valence-electron chi connectivity index (χ4n) is 2.95. The van der Waals surface area contributed by atoms with Gasteiger partial charge in [0.2, 0.25) is 15.9 Å². The number of para-hydroxylation sites is 2. The molecule has 0 saturated heterocycles. The van der Waals surface area contributed by atoms with E-state index in [9.17, 15) is 17.6 Å². The van der Waals surface area contributed by atoms with Crippen molar-refractivity contribution in [2.24, 2.45) is 0 Å². The average molecular weight is 408 g/mol. The van der Waals surface area contributed by atoms with E-state index in [4.69, 9.17) is 9.47 Å². The third-order valence-electron chi connectivity index (χ3n) is 4.22. The Kier molecular flexibility index (Phi) is 5.73. The zero-order chi connectivity index (χ0) is 20.3. The molecule has 0 radical (unpaired) electrons. The summed E-state index contributed by atoms with van der Waals surface area (Å²) in [6.45, 7) is 1.83. The van der Waals surface area contributed by atoms with Crippen LogP contribution in [0.3, 0.4) is 0 Å². The summed E-state index contributed by atoms with van der Waals surface area (Å²) in [5.41, 5.74) is 0.0799. The van der Waals surface area contributed by atoms with Gasteiger partial charge in [0.05, 0.1) is 18.5 Å². The van der Waals surface area contributed by atoms with E-state index in [0.717, 1.165) is 16.6 Å². The number of hydrogen-bond donors (Lipinski definition) is 1. The zero-order valence-corrected chi connectivity index (χ0v) is 16.3. The highest BCUT2D eigenvalue weighted by atomic mass is 32.2. The molecule has 0 aliphatic carbocycles. The summed E-state index contributed by atoms with van der Waals surface area (Å²) in [6.07, 6.45) is 0.559. The van der Waals surface area contributed by atoms with Crippen LogP contribution in [0.2, 0.25) is 0 Å². The molecule has 2 aromatic carbocycles. The lowest BCUT2D eigenvalue weighted by atomic mass is 10.2. The number of ether oxygens (including phenoxy) is 2. The molecule has 1 amide bonds. The standard InChI is InChI=1S/C19H21FN2O5S/c1-13(22(28(2,24)25)15-7-5-6-14(20)10-15)19(23)21-11-16-12-26-17-8-3-4-9-18(17)27-16/h3-10,13,16H,11-12H2,1-2H3,(H,21,23)/t13-,16+/m0/s1. The summed E-state index contributed by atoms with van der Waals surface area (Å²) < 4.78 is 50.2. The molecule has 7 nitrogen and oxygen atoms in total. The smallest absolute Gasteiger partial charge is 0.243 e. The number of carbonyl (C=O) groups is 1. The van der Waals surface area contributed by atoms with Crippen LogP contribution in [0.4, 0.5) is 10.1 Å². The normalized spacial score (nSPS) is 16.9. The quantitative estimate of drug-likeness (QED) is 0.790. The molecule has 28 heavy (non-hydrogen) atoms. The van der Waals surface area contributed by atoms with Crippen LogP contribution in [0.25, 0.3) is 0 Å². The van der Waals surface area contributed by atoms with E-state index >= 15 is 0 Å². The molecule has 1 aliphatic heterocycles. The molecule has 1 N–H and O–H groups in total. The molecule has 0 fully saturated rings. The first kappa shape index (κ1) is 19.9. The van der Waals surface area contributed by atoms with Crippen molar-refractivity contribution in [2.75, 3.05) is 23.7 Å². The number of anilines is 1. The van der Waals surface area contributed by atoms with Gasteiger partial charge in [-0.1, -0.05) is 18.2 Å². The van der Waals surface area contributed by atoms with Crippen molar-refractivity contribution in [1.29, 1.82) is 0 Å². The van der Waals surface area contributed by atoms with Gasteiger partial charge in [0.1, 0.15) is 24.6 Å². The third-order valence-corrected chi connectivity index (χ3v) is 5.46. The predicted molar refractivity (Wildman–Crippen MR) is 103 cm³/mol. The average Bonchev–Trinajstić information content (AvgIpc) is 2.65.